The van der Waals surface area contributed by atoms with E-state index in [0.717, 1.165) is 11.5 Å². The van der Waals surface area contributed by atoms with Gasteiger partial charge in [-0.05, 0) is 57.4 Å². The Balaban J connectivity index is 1.64. The number of furan rings is 1. The fourth-order valence-corrected chi connectivity index (χ4v) is 3.09. The average Bonchev–Trinajstić information content (AvgIpc) is 3.12. The molecule has 0 aliphatic rings. The third-order valence-electron chi connectivity index (χ3n) is 5.08. The molecule has 1 heteroatoms. The molecular weight excluding hydrogens is 352 g/mol. The Morgan fingerprint density at radius 3 is 1.14 bits per heavy atom. The zero-order chi connectivity index (χ0) is 21.1. The molecule has 0 aliphatic heterocycles. The maximum atomic E-state index is 5.91. The third kappa shape index (κ3) is 5.84. The summed E-state index contributed by atoms with van der Waals surface area (Å²) in [6.45, 7) is 13.4. The van der Waals surface area contributed by atoms with Gasteiger partial charge in [0, 0.05) is 0 Å². The lowest BCUT2D eigenvalue weighted by Crippen LogP contribution is -2.10. The summed E-state index contributed by atoms with van der Waals surface area (Å²) in [5, 5.41) is 0. The first kappa shape index (κ1) is 20.9. The topological polar surface area (TPSA) is 13.1 Å². The predicted octanol–water partition coefficient (Wildman–Crippen LogP) is 8.22. The van der Waals surface area contributed by atoms with E-state index in [2.05, 4.69) is 102 Å². The van der Waals surface area contributed by atoms with Crippen LogP contribution in [0.5, 0.6) is 0 Å². The lowest BCUT2D eigenvalue weighted by Gasteiger charge is -2.18. The lowest BCUT2D eigenvalue weighted by atomic mass is 9.87. The maximum absolute atomic E-state index is 5.91. The highest BCUT2D eigenvalue weighted by Gasteiger charge is 2.13. The average molecular weight is 385 g/mol. The van der Waals surface area contributed by atoms with E-state index in [9.17, 15) is 0 Å². The molecule has 0 atom stereocenters. The molecule has 0 amide bonds. The van der Waals surface area contributed by atoms with Crippen molar-refractivity contribution in [2.45, 2.75) is 52.4 Å². The molecule has 0 N–H and O–H groups in total. The first-order valence-electron chi connectivity index (χ1n) is 10.3. The molecule has 0 fully saturated rings. The van der Waals surface area contributed by atoms with E-state index in [1.807, 2.05) is 24.3 Å². The van der Waals surface area contributed by atoms with Crippen molar-refractivity contribution in [3.05, 3.63) is 94.4 Å². The van der Waals surface area contributed by atoms with E-state index in [1.54, 1.807) is 0 Å². The molecule has 0 bridgehead atoms. The standard InChI is InChI=1S/C28H32O/c1-27(2,3)23-13-7-21(8-14-23)11-17-25-19-20-26(29-25)18-12-22-9-15-24(16-10-22)28(4,5)6/h7-20H,1-6H3/b17-11+,18-12+. The van der Waals surface area contributed by atoms with Gasteiger partial charge < -0.3 is 4.42 Å². The van der Waals surface area contributed by atoms with E-state index in [-0.39, 0.29) is 10.8 Å². The van der Waals surface area contributed by atoms with Crippen LogP contribution in [0.1, 0.15) is 75.3 Å². The fraction of sp³-hybridized carbons (Fsp3) is 0.286. The van der Waals surface area contributed by atoms with Crippen molar-refractivity contribution in [1.82, 2.24) is 0 Å². The number of hydrogen-bond acceptors (Lipinski definition) is 1. The van der Waals surface area contributed by atoms with E-state index in [0.29, 0.717) is 0 Å². The molecule has 0 radical (unpaired) electrons. The predicted molar refractivity (Wildman–Crippen MR) is 127 cm³/mol. The molecule has 0 saturated carbocycles. The molecule has 150 valence electrons. The molecule has 1 heterocycles. The van der Waals surface area contributed by atoms with Gasteiger partial charge in [0.25, 0.3) is 0 Å². The van der Waals surface area contributed by atoms with Crippen LogP contribution in [0, 0.1) is 0 Å². The molecule has 2 aromatic carbocycles. The van der Waals surface area contributed by atoms with E-state index >= 15 is 0 Å². The van der Waals surface area contributed by atoms with Crippen LogP contribution in [-0.2, 0) is 10.8 Å². The van der Waals surface area contributed by atoms with Crippen molar-refractivity contribution in [1.29, 1.82) is 0 Å². The molecule has 0 unspecified atom stereocenters. The molecular formula is C28H32O. The second kappa shape index (κ2) is 8.29. The summed E-state index contributed by atoms with van der Waals surface area (Å²) in [7, 11) is 0. The van der Waals surface area contributed by atoms with Gasteiger partial charge in [0.1, 0.15) is 11.5 Å². The fourth-order valence-electron chi connectivity index (χ4n) is 3.09. The summed E-state index contributed by atoms with van der Waals surface area (Å²) in [4.78, 5) is 0. The van der Waals surface area contributed by atoms with Gasteiger partial charge in [-0.25, -0.2) is 0 Å². The van der Waals surface area contributed by atoms with Gasteiger partial charge >= 0.3 is 0 Å². The first-order chi connectivity index (χ1) is 13.6. The highest BCUT2D eigenvalue weighted by molar-refractivity contribution is 5.70. The first-order valence-corrected chi connectivity index (χ1v) is 10.3. The molecule has 0 spiro atoms. The Morgan fingerprint density at radius 1 is 0.483 bits per heavy atom. The minimum atomic E-state index is 0.178. The summed E-state index contributed by atoms with van der Waals surface area (Å²) in [5.74, 6) is 1.71. The summed E-state index contributed by atoms with van der Waals surface area (Å²) in [6, 6.07) is 21.4. The minimum absolute atomic E-state index is 0.178. The zero-order valence-corrected chi connectivity index (χ0v) is 18.5. The second-order valence-electron chi connectivity index (χ2n) is 9.65. The van der Waals surface area contributed by atoms with Crippen molar-refractivity contribution < 1.29 is 4.42 Å². The second-order valence-corrected chi connectivity index (χ2v) is 9.65. The van der Waals surface area contributed by atoms with Gasteiger partial charge in [0.15, 0.2) is 0 Å². The highest BCUT2D eigenvalue weighted by atomic mass is 16.3. The quantitative estimate of drug-likeness (QED) is 0.441. The van der Waals surface area contributed by atoms with Gasteiger partial charge in [0.05, 0.1) is 0 Å². The Bertz CT molecular complexity index is 900. The molecule has 3 aromatic rings. The van der Waals surface area contributed by atoms with Gasteiger partial charge in [-0.1, -0.05) is 102 Å². The molecule has 1 aromatic heterocycles. The molecule has 0 saturated heterocycles. The number of benzene rings is 2. The summed E-state index contributed by atoms with van der Waals surface area (Å²) in [6.07, 6.45) is 8.21. The molecule has 29 heavy (non-hydrogen) atoms. The van der Waals surface area contributed by atoms with E-state index in [4.69, 9.17) is 4.42 Å². The SMILES string of the molecule is CC(C)(C)c1ccc(/C=C/c2ccc(/C=C/c3ccc(C(C)(C)C)cc3)o2)cc1. The van der Waals surface area contributed by atoms with Gasteiger partial charge in [-0.15, -0.1) is 0 Å². The van der Waals surface area contributed by atoms with Crippen LogP contribution in [0.4, 0.5) is 0 Å². The van der Waals surface area contributed by atoms with Crippen LogP contribution in [0.2, 0.25) is 0 Å². The molecule has 0 aliphatic carbocycles. The summed E-state index contributed by atoms with van der Waals surface area (Å²) < 4.78 is 5.91. The smallest absolute Gasteiger partial charge is 0.127 e. The van der Waals surface area contributed by atoms with Gasteiger partial charge in [-0.3, -0.25) is 0 Å². The largest absolute Gasteiger partial charge is 0.457 e. The summed E-state index contributed by atoms with van der Waals surface area (Å²) >= 11 is 0. The van der Waals surface area contributed by atoms with Crippen molar-refractivity contribution in [2.24, 2.45) is 0 Å². The van der Waals surface area contributed by atoms with E-state index in [1.165, 1.54) is 22.3 Å². The van der Waals surface area contributed by atoms with Crippen molar-refractivity contribution >= 4 is 24.3 Å². The lowest BCUT2D eigenvalue weighted by molar-refractivity contribution is 0.547. The Labute approximate surface area is 175 Å². The minimum Gasteiger partial charge on any atom is -0.457 e. The monoisotopic (exact) mass is 384 g/mol. The van der Waals surface area contributed by atoms with Crippen LogP contribution in [-0.4, -0.2) is 0 Å². The van der Waals surface area contributed by atoms with Crippen LogP contribution < -0.4 is 0 Å². The van der Waals surface area contributed by atoms with Crippen LogP contribution >= 0.6 is 0 Å². The van der Waals surface area contributed by atoms with Crippen molar-refractivity contribution in [2.75, 3.05) is 0 Å². The molecule has 3 rings (SSSR count). The van der Waals surface area contributed by atoms with Crippen molar-refractivity contribution in [3.8, 4) is 0 Å². The van der Waals surface area contributed by atoms with E-state index < -0.39 is 0 Å². The number of hydrogen-bond donors (Lipinski definition) is 0. The summed E-state index contributed by atoms with van der Waals surface area (Å²) in [5.41, 5.74) is 5.39. The molecule has 1 nitrogen and oxygen atoms in total. The van der Waals surface area contributed by atoms with Crippen LogP contribution in [0.15, 0.2) is 65.1 Å². The zero-order valence-electron chi connectivity index (χ0n) is 18.5. The Hall–Kier alpha value is -2.80. The number of rotatable bonds is 4. The Kier molecular flexibility index (Phi) is 5.98. The van der Waals surface area contributed by atoms with Crippen LogP contribution in [0.25, 0.3) is 24.3 Å². The Morgan fingerprint density at radius 2 is 0.828 bits per heavy atom. The van der Waals surface area contributed by atoms with Crippen molar-refractivity contribution in [3.63, 3.8) is 0 Å². The van der Waals surface area contributed by atoms with Crippen LogP contribution in [0.3, 0.4) is 0 Å². The third-order valence-corrected chi connectivity index (χ3v) is 5.08. The normalized spacial score (nSPS) is 12.9. The maximum Gasteiger partial charge on any atom is 0.127 e. The van der Waals surface area contributed by atoms with Gasteiger partial charge in [-0.2, -0.15) is 0 Å². The van der Waals surface area contributed by atoms with Gasteiger partial charge in [0.2, 0.25) is 0 Å². The highest BCUT2D eigenvalue weighted by Crippen LogP contribution is 2.24.